The Bertz CT molecular complexity index is 382. The first-order chi connectivity index (χ1) is 9.65. The second-order valence-electron chi connectivity index (χ2n) is 5.19. The molecule has 0 saturated carbocycles. The maximum atomic E-state index is 5.63. The van der Waals surface area contributed by atoms with Crippen molar-refractivity contribution in [3.8, 4) is 5.88 Å². The molecule has 0 radical (unpaired) electrons. The summed E-state index contributed by atoms with van der Waals surface area (Å²) in [6.45, 7) is 6.90. The van der Waals surface area contributed by atoms with Crippen molar-refractivity contribution < 1.29 is 4.74 Å². The lowest BCUT2D eigenvalue weighted by atomic mass is 10.3. The van der Waals surface area contributed by atoms with Crippen LogP contribution in [-0.2, 0) is 6.42 Å². The van der Waals surface area contributed by atoms with Crippen LogP contribution in [0.15, 0.2) is 6.07 Å². The first-order valence-electron chi connectivity index (χ1n) is 7.55. The Morgan fingerprint density at radius 1 is 1.20 bits per heavy atom. The highest BCUT2D eigenvalue weighted by Gasteiger charge is 2.05. The standard InChI is InChI=1S/C15H28N4O/c1-5-8-13-17-14(16-9-7-10-19(3)4)12-15(18-13)20-11-6-2/h12H,5-11H2,1-4H3,(H,16,17,18). The van der Waals surface area contributed by atoms with Gasteiger partial charge in [0.2, 0.25) is 5.88 Å². The van der Waals surface area contributed by atoms with Crippen molar-refractivity contribution in [1.82, 2.24) is 14.9 Å². The molecule has 0 aliphatic carbocycles. The minimum absolute atomic E-state index is 0.681. The van der Waals surface area contributed by atoms with Gasteiger partial charge < -0.3 is 15.0 Å². The Morgan fingerprint density at radius 2 is 2.00 bits per heavy atom. The molecule has 0 aliphatic heterocycles. The lowest BCUT2D eigenvalue weighted by Gasteiger charge is -2.12. The van der Waals surface area contributed by atoms with Gasteiger partial charge in [-0.05, 0) is 39.9 Å². The molecule has 5 heteroatoms. The topological polar surface area (TPSA) is 50.3 Å². The van der Waals surface area contributed by atoms with E-state index in [1.165, 1.54) is 0 Å². The van der Waals surface area contributed by atoms with Crippen LogP contribution in [0.2, 0.25) is 0 Å². The van der Waals surface area contributed by atoms with Crippen molar-refractivity contribution >= 4 is 5.82 Å². The van der Waals surface area contributed by atoms with Gasteiger partial charge in [-0.3, -0.25) is 0 Å². The van der Waals surface area contributed by atoms with Gasteiger partial charge in [0.25, 0.3) is 0 Å². The summed E-state index contributed by atoms with van der Waals surface area (Å²) in [5.74, 6) is 2.41. The Kier molecular flexibility index (Phi) is 7.95. The molecule has 5 nitrogen and oxygen atoms in total. The summed E-state index contributed by atoms with van der Waals surface area (Å²) in [4.78, 5) is 11.1. The van der Waals surface area contributed by atoms with Gasteiger partial charge in [-0.25, -0.2) is 4.98 Å². The van der Waals surface area contributed by atoms with Gasteiger partial charge in [-0.2, -0.15) is 4.98 Å². The second kappa shape index (κ2) is 9.53. The number of nitrogens with one attached hydrogen (secondary N) is 1. The van der Waals surface area contributed by atoms with E-state index >= 15 is 0 Å². The van der Waals surface area contributed by atoms with Crippen LogP contribution in [0.5, 0.6) is 5.88 Å². The van der Waals surface area contributed by atoms with Crippen molar-refractivity contribution in [3.05, 3.63) is 11.9 Å². The van der Waals surface area contributed by atoms with Crippen molar-refractivity contribution in [2.75, 3.05) is 39.1 Å². The molecule has 0 atom stereocenters. The van der Waals surface area contributed by atoms with Gasteiger partial charge in [-0.1, -0.05) is 13.8 Å². The molecular formula is C15H28N4O. The largest absolute Gasteiger partial charge is 0.478 e. The Balaban J connectivity index is 2.60. The van der Waals surface area contributed by atoms with E-state index in [4.69, 9.17) is 4.74 Å². The number of nitrogens with zero attached hydrogens (tertiary/aromatic N) is 3. The summed E-state index contributed by atoms with van der Waals surface area (Å²) in [6, 6.07) is 1.89. The molecule has 0 unspecified atom stereocenters. The van der Waals surface area contributed by atoms with Crippen LogP contribution >= 0.6 is 0 Å². The third-order valence-electron chi connectivity index (χ3n) is 2.76. The van der Waals surface area contributed by atoms with E-state index in [-0.39, 0.29) is 0 Å². The predicted octanol–water partition coefficient (Wildman–Crippen LogP) is 2.58. The number of rotatable bonds is 10. The maximum Gasteiger partial charge on any atom is 0.218 e. The van der Waals surface area contributed by atoms with Crippen LogP contribution < -0.4 is 10.1 Å². The number of aryl methyl sites for hydroxylation is 1. The van der Waals surface area contributed by atoms with E-state index in [1.54, 1.807) is 0 Å². The maximum absolute atomic E-state index is 5.63. The summed E-state index contributed by atoms with van der Waals surface area (Å²) < 4.78 is 5.63. The highest BCUT2D eigenvalue weighted by Crippen LogP contribution is 2.15. The van der Waals surface area contributed by atoms with E-state index in [1.807, 2.05) is 6.07 Å². The molecule has 0 spiro atoms. The Labute approximate surface area is 122 Å². The lowest BCUT2D eigenvalue weighted by Crippen LogP contribution is -2.17. The first kappa shape index (κ1) is 16.7. The Hall–Kier alpha value is -1.36. The van der Waals surface area contributed by atoms with Gasteiger partial charge in [0.1, 0.15) is 11.6 Å². The van der Waals surface area contributed by atoms with Crippen LogP contribution in [-0.4, -0.2) is 48.7 Å². The van der Waals surface area contributed by atoms with Crippen LogP contribution in [0, 0.1) is 0 Å². The molecule has 0 bridgehead atoms. The zero-order chi connectivity index (χ0) is 14.8. The van der Waals surface area contributed by atoms with Gasteiger partial charge in [0, 0.05) is 19.0 Å². The molecular weight excluding hydrogens is 252 g/mol. The van der Waals surface area contributed by atoms with Crippen molar-refractivity contribution in [2.45, 2.75) is 39.5 Å². The number of anilines is 1. The fourth-order valence-electron chi connectivity index (χ4n) is 1.79. The minimum atomic E-state index is 0.681. The number of aromatic nitrogens is 2. The second-order valence-corrected chi connectivity index (χ2v) is 5.19. The zero-order valence-corrected chi connectivity index (χ0v) is 13.3. The van der Waals surface area contributed by atoms with Crippen LogP contribution in [0.1, 0.15) is 38.9 Å². The van der Waals surface area contributed by atoms with Gasteiger partial charge in [0.15, 0.2) is 0 Å². The fraction of sp³-hybridized carbons (Fsp3) is 0.733. The molecule has 0 amide bonds. The quantitative estimate of drug-likeness (QED) is 0.668. The van der Waals surface area contributed by atoms with Gasteiger partial charge in [-0.15, -0.1) is 0 Å². The van der Waals surface area contributed by atoms with Crippen molar-refractivity contribution in [3.63, 3.8) is 0 Å². The number of hydrogen-bond acceptors (Lipinski definition) is 5. The molecule has 0 aromatic carbocycles. The summed E-state index contributed by atoms with van der Waals surface area (Å²) in [6.07, 6.45) is 4.00. The smallest absolute Gasteiger partial charge is 0.218 e. The SMILES string of the molecule is CCCOc1cc(NCCCN(C)C)nc(CCC)n1. The van der Waals surface area contributed by atoms with Crippen molar-refractivity contribution in [2.24, 2.45) is 0 Å². The number of hydrogen-bond donors (Lipinski definition) is 1. The van der Waals surface area contributed by atoms with Crippen LogP contribution in [0.3, 0.4) is 0 Å². The molecule has 20 heavy (non-hydrogen) atoms. The monoisotopic (exact) mass is 280 g/mol. The molecule has 0 fully saturated rings. The van der Waals surface area contributed by atoms with Crippen LogP contribution in [0.4, 0.5) is 5.82 Å². The van der Waals surface area contributed by atoms with E-state index in [0.29, 0.717) is 12.5 Å². The molecule has 0 saturated heterocycles. The summed E-state index contributed by atoms with van der Waals surface area (Å²) in [5.41, 5.74) is 0. The average Bonchev–Trinajstić information content (AvgIpc) is 2.41. The first-order valence-corrected chi connectivity index (χ1v) is 7.55. The zero-order valence-electron chi connectivity index (χ0n) is 13.3. The molecule has 1 rings (SSSR count). The lowest BCUT2D eigenvalue weighted by molar-refractivity contribution is 0.303. The summed E-state index contributed by atoms with van der Waals surface area (Å²) in [7, 11) is 4.17. The molecule has 1 heterocycles. The fourth-order valence-corrected chi connectivity index (χ4v) is 1.79. The highest BCUT2D eigenvalue weighted by molar-refractivity contribution is 5.38. The third kappa shape index (κ3) is 6.70. The molecule has 114 valence electrons. The summed E-state index contributed by atoms with van der Waals surface area (Å²) in [5, 5.41) is 3.36. The number of ether oxygens (including phenoxy) is 1. The molecule has 1 aromatic heterocycles. The highest BCUT2D eigenvalue weighted by atomic mass is 16.5. The van der Waals surface area contributed by atoms with E-state index < -0.39 is 0 Å². The Morgan fingerprint density at radius 3 is 2.65 bits per heavy atom. The summed E-state index contributed by atoms with van der Waals surface area (Å²) >= 11 is 0. The van der Waals surface area contributed by atoms with Gasteiger partial charge in [0.05, 0.1) is 6.61 Å². The molecule has 1 aromatic rings. The predicted molar refractivity (Wildman–Crippen MR) is 83.5 cm³/mol. The van der Waals surface area contributed by atoms with Crippen LogP contribution in [0.25, 0.3) is 0 Å². The normalized spacial score (nSPS) is 10.8. The molecule has 1 N–H and O–H groups in total. The van der Waals surface area contributed by atoms with E-state index in [0.717, 1.165) is 50.4 Å². The average molecular weight is 280 g/mol. The third-order valence-corrected chi connectivity index (χ3v) is 2.76. The van der Waals surface area contributed by atoms with E-state index in [9.17, 15) is 0 Å². The van der Waals surface area contributed by atoms with Crippen molar-refractivity contribution in [1.29, 1.82) is 0 Å². The van der Waals surface area contributed by atoms with Gasteiger partial charge >= 0.3 is 0 Å². The minimum Gasteiger partial charge on any atom is -0.478 e. The van der Waals surface area contributed by atoms with E-state index in [2.05, 4.69) is 48.1 Å². The molecule has 0 aliphatic rings.